The third-order valence-electron chi connectivity index (χ3n) is 4.71. The van der Waals surface area contributed by atoms with Gasteiger partial charge in [0.2, 0.25) is 0 Å². The minimum atomic E-state index is -0.355. The zero-order valence-corrected chi connectivity index (χ0v) is 19.0. The maximum Gasteiger partial charge on any atom is 0.341 e. The molecular formula is C24H26N2O2S2. The van der Waals surface area contributed by atoms with Crippen LogP contribution in [-0.2, 0) is 4.74 Å². The average molecular weight is 439 g/mol. The number of nitrogens with one attached hydrogen (secondary N) is 2. The van der Waals surface area contributed by atoms with Crippen LogP contribution in [0.15, 0.2) is 60.7 Å². The number of carbonyl (C=O) groups excluding carboxylic acids is 1. The first kappa shape index (κ1) is 22.0. The van der Waals surface area contributed by atoms with Gasteiger partial charge in [-0.3, -0.25) is 0 Å². The molecule has 1 heterocycles. The Kier molecular flexibility index (Phi) is 7.60. The number of aryl methyl sites for hydroxylation is 1. The van der Waals surface area contributed by atoms with Crippen LogP contribution in [0.4, 0.5) is 5.00 Å². The van der Waals surface area contributed by atoms with Crippen molar-refractivity contribution < 1.29 is 9.53 Å². The maximum atomic E-state index is 12.5. The van der Waals surface area contributed by atoms with Crippen LogP contribution in [0.5, 0.6) is 0 Å². The van der Waals surface area contributed by atoms with Gasteiger partial charge < -0.3 is 15.4 Å². The van der Waals surface area contributed by atoms with Crippen LogP contribution in [-0.4, -0.2) is 17.7 Å². The number of thiophene rings is 1. The lowest BCUT2D eigenvalue weighted by molar-refractivity contribution is 0.0528. The minimum Gasteiger partial charge on any atom is -0.462 e. The molecule has 0 amide bonds. The molecule has 156 valence electrons. The summed E-state index contributed by atoms with van der Waals surface area (Å²) in [5.74, 6) is -0.355. The summed E-state index contributed by atoms with van der Waals surface area (Å²) in [7, 11) is 0. The van der Waals surface area contributed by atoms with Gasteiger partial charge in [-0.2, -0.15) is 0 Å². The van der Waals surface area contributed by atoms with Gasteiger partial charge in [-0.05, 0) is 49.7 Å². The number of carbonyl (C=O) groups is 1. The Morgan fingerprint density at radius 3 is 2.43 bits per heavy atom. The second kappa shape index (κ2) is 10.4. The SMILES string of the molecule is CCOC(=O)c1cc(-c2ccccc2)sc1NC(=S)NC(CC)c1ccc(C)cc1. The van der Waals surface area contributed by atoms with E-state index in [9.17, 15) is 4.79 Å². The second-order valence-electron chi connectivity index (χ2n) is 6.91. The van der Waals surface area contributed by atoms with E-state index >= 15 is 0 Å². The number of ether oxygens (including phenoxy) is 1. The monoisotopic (exact) mass is 438 g/mol. The van der Waals surface area contributed by atoms with Crippen molar-refractivity contribution in [2.24, 2.45) is 0 Å². The Labute approximate surface area is 187 Å². The van der Waals surface area contributed by atoms with Crippen molar-refractivity contribution in [3.05, 3.63) is 77.4 Å². The first-order valence-corrected chi connectivity index (χ1v) is 11.2. The molecule has 30 heavy (non-hydrogen) atoms. The smallest absolute Gasteiger partial charge is 0.341 e. The summed E-state index contributed by atoms with van der Waals surface area (Å²) in [6.45, 7) is 6.31. The Morgan fingerprint density at radius 1 is 1.10 bits per heavy atom. The highest BCUT2D eigenvalue weighted by Gasteiger charge is 2.20. The Balaban J connectivity index is 1.81. The van der Waals surface area contributed by atoms with Gasteiger partial charge in [0, 0.05) is 4.88 Å². The maximum absolute atomic E-state index is 12.5. The van der Waals surface area contributed by atoms with E-state index in [0.717, 1.165) is 16.9 Å². The fraction of sp³-hybridized carbons (Fsp3) is 0.250. The van der Waals surface area contributed by atoms with Crippen molar-refractivity contribution in [3.8, 4) is 10.4 Å². The topological polar surface area (TPSA) is 50.4 Å². The normalized spacial score (nSPS) is 11.6. The Bertz CT molecular complexity index is 998. The molecule has 2 N–H and O–H groups in total. The van der Waals surface area contributed by atoms with Gasteiger partial charge in [0.1, 0.15) is 5.00 Å². The summed E-state index contributed by atoms with van der Waals surface area (Å²) in [5.41, 5.74) is 3.94. The Morgan fingerprint density at radius 2 is 1.80 bits per heavy atom. The van der Waals surface area contributed by atoms with E-state index in [0.29, 0.717) is 22.3 Å². The number of anilines is 1. The number of hydrogen-bond acceptors (Lipinski definition) is 4. The standard InChI is InChI=1S/C24H26N2O2S2/c1-4-20(17-13-11-16(3)12-14-17)25-24(29)26-22-19(23(27)28-5-2)15-21(30-22)18-9-7-6-8-10-18/h6-15,20H,4-5H2,1-3H3,(H2,25,26,29). The highest BCUT2D eigenvalue weighted by atomic mass is 32.1. The highest BCUT2D eigenvalue weighted by Crippen LogP contribution is 2.36. The quantitative estimate of drug-likeness (QED) is 0.333. The third-order valence-corrected chi connectivity index (χ3v) is 6.03. The van der Waals surface area contributed by atoms with E-state index in [4.69, 9.17) is 17.0 Å². The largest absolute Gasteiger partial charge is 0.462 e. The van der Waals surface area contributed by atoms with Crippen LogP contribution < -0.4 is 10.6 Å². The number of benzene rings is 2. The molecule has 0 spiro atoms. The molecule has 2 aromatic carbocycles. The van der Waals surface area contributed by atoms with Gasteiger partial charge in [0.15, 0.2) is 5.11 Å². The Hall–Kier alpha value is -2.70. The van der Waals surface area contributed by atoms with E-state index in [2.05, 4.69) is 48.7 Å². The molecule has 3 aromatic rings. The molecular weight excluding hydrogens is 412 g/mol. The highest BCUT2D eigenvalue weighted by molar-refractivity contribution is 7.80. The van der Waals surface area contributed by atoms with Crippen molar-refractivity contribution in [2.75, 3.05) is 11.9 Å². The lowest BCUT2D eigenvalue weighted by Crippen LogP contribution is -2.32. The van der Waals surface area contributed by atoms with E-state index in [1.165, 1.54) is 22.5 Å². The van der Waals surface area contributed by atoms with E-state index < -0.39 is 0 Å². The third kappa shape index (κ3) is 5.46. The van der Waals surface area contributed by atoms with E-state index in [1.807, 2.05) is 36.4 Å². The summed E-state index contributed by atoms with van der Waals surface area (Å²) in [4.78, 5) is 13.5. The molecule has 0 bridgehead atoms. The molecule has 0 aliphatic rings. The summed E-state index contributed by atoms with van der Waals surface area (Å²) in [5, 5.41) is 7.76. The molecule has 0 radical (unpaired) electrons. The number of hydrogen-bond donors (Lipinski definition) is 2. The van der Waals surface area contributed by atoms with Crippen molar-refractivity contribution in [1.29, 1.82) is 0 Å². The molecule has 4 nitrogen and oxygen atoms in total. The molecule has 0 fully saturated rings. The predicted molar refractivity (Wildman–Crippen MR) is 129 cm³/mol. The summed E-state index contributed by atoms with van der Waals surface area (Å²) in [6, 6.07) is 20.3. The molecule has 0 aliphatic heterocycles. The minimum absolute atomic E-state index is 0.0881. The van der Waals surface area contributed by atoms with Crippen LogP contribution in [0.2, 0.25) is 0 Å². The van der Waals surface area contributed by atoms with Gasteiger partial charge in [0.25, 0.3) is 0 Å². The van der Waals surface area contributed by atoms with Crippen molar-refractivity contribution in [3.63, 3.8) is 0 Å². The molecule has 0 saturated carbocycles. The molecule has 0 aliphatic carbocycles. The molecule has 1 unspecified atom stereocenters. The van der Waals surface area contributed by atoms with Crippen LogP contribution in [0.3, 0.4) is 0 Å². The van der Waals surface area contributed by atoms with Crippen LogP contribution >= 0.6 is 23.6 Å². The van der Waals surface area contributed by atoms with Crippen LogP contribution in [0, 0.1) is 6.92 Å². The fourth-order valence-corrected chi connectivity index (χ4v) is 4.47. The van der Waals surface area contributed by atoms with E-state index in [-0.39, 0.29) is 12.0 Å². The van der Waals surface area contributed by atoms with Gasteiger partial charge >= 0.3 is 5.97 Å². The number of rotatable bonds is 7. The zero-order valence-electron chi connectivity index (χ0n) is 17.4. The van der Waals surface area contributed by atoms with E-state index in [1.54, 1.807) is 6.92 Å². The van der Waals surface area contributed by atoms with Gasteiger partial charge in [-0.25, -0.2) is 4.79 Å². The first-order chi connectivity index (χ1) is 14.5. The number of thiocarbonyl (C=S) groups is 1. The fourth-order valence-electron chi connectivity index (χ4n) is 3.11. The first-order valence-electron chi connectivity index (χ1n) is 10.0. The lowest BCUT2D eigenvalue weighted by atomic mass is 10.0. The lowest BCUT2D eigenvalue weighted by Gasteiger charge is -2.20. The molecule has 3 rings (SSSR count). The molecule has 1 aromatic heterocycles. The molecule has 1 atom stereocenters. The van der Waals surface area contributed by atoms with Crippen molar-refractivity contribution in [2.45, 2.75) is 33.2 Å². The van der Waals surface area contributed by atoms with Crippen molar-refractivity contribution >= 4 is 39.6 Å². The van der Waals surface area contributed by atoms with Crippen LogP contribution in [0.25, 0.3) is 10.4 Å². The van der Waals surface area contributed by atoms with Crippen molar-refractivity contribution in [1.82, 2.24) is 5.32 Å². The van der Waals surface area contributed by atoms with Gasteiger partial charge in [-0.15, -0.1) is 11.3 Å². The second-order valence-corrected chi connectivity index (χ2v) is 8.37. The summed E-state index contributed by atoms with van der Waals surface area (Å²) < 4.78 is 5.25. The van der Waals surface area contributed by atoms with Gasteiger partial charge in [0.05, 0.1) is 18.2 Å². The molecule has 0 saturated heterocycles. The number of esters is 1. The predicted octanol–water partition coefficient (Wildman–Crippen LogP) is 6.34. The summed E-state index contributed by atoms with van der Waals surface area (Å²) in [6.07, 6.45) is 0.884. The summed E-state index contributed by atoms with van der Waals surface area (Å²) >= 11 is 7.06. The average Bonchev–Trinajstić information content (AvgIpc) is 3.17. The zero-order chi connectivity index (χ0) is 21.5. The molecule has 6 heteroatoms. The van der Waals surface area contributed by atoms with Gasteiger partial charge in [-0.1, -0.05) is 67.1 Å². The van der Waals surface area contributed by atoms with Crippen LogP contribution in [0.1, 0.15) is 47.8 Å².